The molecular weight excluding hydrogens is 404 g/mol. The summed E-state index contributed by atoms with van der Waals surface area (Å²) in [5.41, 5.74) is 3.10. The number of nitrogens with one attached hydrogen (secondary N) is 2. The quantitative estimate of drug-likeness (QED) is 0.637. The maximum Gasteiger partial charge on any atom is 0.293 e. The van der Waals surface area contributed by atoms with Crippen LogP contribution in [0.5, 0.6) is 0 Å². The minimum Gasteiger partial charge on any atom is -0.346 e. The second-order valence-electron chi connectivity index (χ2n) is 9.19. The Bertz CT molecular complexity index is 1090. The molecule has 1 aromatic heterocycles. The molecular formula is C24H28N6O2. The summed E-state index contributed by atoms with van der Waals surface area (Å²) in [6.07, 6.45) is 4.26. The monoisotopic (exact) mass is 432 g/mol. The van der Waals surface area contributed by atoms with Crippen LogP contribution in [0.25, 0.3) is 5.69 Å². The lowest BCUT2D eigenvalue weighted by atomic mass is 9.87. The standard InChI is InChI=1S/C24H28N6O2/c1-24(2,3)17-10-8-16(9-11-17)22(31)25-19-12-14-20(15-13-19)30-28-21(27-29-30)23(32)26-18-6-4-5-7-18/h8-15,18H,4-7H2,1-3H3,(H,25,31)(H,26,32). The van der Waals surface area contributed by atoms with Crippen LogP contribution in [0.2, 0.25) is 0 Å². The minimum absolute atomic E-state index is 0.0390. The van der Waals surface area contributed by atoms with E-state index >= 15 is 0 Å². The summed E-state index contributed by atoms with van der Waals surface area (Å²) in [5, 5.41) is 17.9. The van der Waals surface area contributed by atoms with Gasteiger partial charge in [-0.05, 0) is 65.4 Å². The predicted octanol–water partition coefficient (Wildman–Crippen LogP) is 3.88. The molecule has 1 aliphatic rings. The number of nitrogens with zero attached hydrogens (tertiary/aromatic N) is 4. The number of tetrazole rings is 1. The van der Waals surface area contributed by atoms with Gasteiger partial charge in [0.05, 0.1) is 5.69 Å². The van der Waals surface area contributed by atoms with E-state index in [1.165, 1.54) is 10.4 Å². The highest BCUT2D eigenvalue weighted by atomic mass is 16.2. The molecule has 3 aromatic rings. The number of hydrogen-bond acceptors (Lipinski definition) is 5. The van der Waals surface area contributed by atoms with Gasteiger partial charge in [-0.15, -0.1) is 15.0 Å². The molecule has 0 atom stereocenters. The molecule has 0 spiro atoms. The molecule has 0 radical (unpaired) electrons. The normalized spacial score (nSPS) is 14.3. The van der Waals surface area contributed by atoms with E-state index in [9.17, 15) is 9.59 Å². The van der Waals surface area contributed by atoms with Crippen molar-refractivity contribution in [2.75, 3.05) is 5.32 Å². The van der Waals surface area contributed by atoms with Crippen LogP contribution >= 0.6 is 0 Å². The summed E-state index contributed by atoms with van der Waals surface area (Å²) in [6.45, 7) is 6.41. The third-order valence-corrected chi connectivity index (χ3v) is 5.68. The summed E-state index contributed by atoms with van der Waals surface area (Å²) < 4.78 is 0. The Morgan fingerprint density at radius 2 is 1.59 bits per heavy atom. The fourth-order valence-electron chi connectivity index (χ4n) is 3.74. The number of benzene rings is 2. The van der Waals surface area contributed by atoms with E-state index in [1.54, 1.807) is 24.3 Å². The number of anilines is 1. The van der Waals surface area contributed by atoms with Crippen molar-refractivity contribution < 1.29 is 9.59 Å². The van der Waals surface area contributed by atoms with Gasteiger partial charge < -0.3 is 10.6 Å². The van der Waals surface area contributed by atoms with Gasteiger partial charge in [-0.3, -0.25) is 9.59 Å². The van der Waals surface area contributed by atoms with Crippen molar-refractivity contribution in [1.29, 1.82) is 0 Å². The number of aromatic nitrogens is 4. The first kappa shape index (κ1) is 21.7. The molecule has 0 aliphatic heterocycles. The summed E-state index contributed by atoms with van der Waals surface area (Å²) >= 11 is 0. The Morgan fingerprint density at radius 3 is 2.22 bits per heavy atom. The summed E-state index contributed by atoms with van der Waals surface area (Å²) in [7, 11) is 0. The number of carbonyl (C=O) groups is 2. The summed E-state index contributed by atoms with van der Waals surface area (Å²) in [4.78, 5) is 26.2. The lowest BCUT2D eigenvalue weighted by molar-refractivity contribution is 0.0926. The Kier molecular flexibility index (Phi) is 6.03. The molecule has 2 amide bonds. The van der Waals surface area contributed by atoms with Crippen molar-refractivity contribution in [2.24, 2.45) is 0 Å². The van der Waals surface area contributed by atoms with Crippen LogP contribution < -0.4 is 10.6 Å². The van der Waals surface area contributed by atoms with Crippen molar-refractivity contribution >= 4 is 17.5 Å². The van der Waals surface area contributed by atoms with Crippen molar-refractivity contribution in [1.82, 2.24) is 25.5 Å². The van der Waals surface area contributed by atoms with E-state index in [-0.39, 0.29) is 29.1 Å². The molecule has 1 heterocycles. The number of hydrogen-bond donors (Lipinski definition) is 2. The topological polar surface area (TPSA) is 102 Å². The minimum atomic E-state index is -0.301. The zero-order valence-corrected chi connectivity index (χ0v) is 18.6. The Morgan fingerprint density at radius 1 is 0.938 bits per heavy atom. The lowest BCUT2D eigenvalue weighted by Crippen LogP contribution is -2.33. The molecule has 1 fully saturated rings. The smallest absolute Gasteiger partial charge is 0.293 e. The van der Waals surface area contributed by atoms with Gasteiger partial charge in [0.25, 0.3) is 17.6 Å². The number of carbonyl (C=O) groups excluding carboxylic acids is 2. The van der Waals surface area contributed by atoms with Crippen LogP contribution in [0.1, 0.15) is 73.0 Å². The van der Waals surface area contributed by atoms with Gasteiger partial charge in [-0.1, -0.05) is 45.7 Å². The zero-order valence-electron chi connectivity index (χ0n) is 18.6. The lowest BCUT2D eigenvalue weighted by Gasteiger charge is -2.19. The highest BCUT2D eigenvalue weighted by Crippen LogP contribution is 2.22. The Labute approximate surface area is 187 Å². The predicted molar refractivity (Wildman–Crippen MR) is 122 cm³/mol. The van der Waals surface area contributed by atoms with E-state index in [2.05, 4.69) is 46.8 Å². The second-order valence-corrected chi connectivity index (χ2v) is 9.19. The average Bonchev–Trinajstić information content (AvgIpc) is 3.46. The van der Waals surface area contributed by atoms with Crippen molar-refractivity contribution in [3.05, 3.63) is 65.5 Å². The van der Waals surface area contributed by atoms with Crippen molar-refractivity contribution in [3.63, 3.8) is 0 Å². The molecule has 0 saturated heterocycles. The molecule has 8 nitrogen and oxygen atoms in total. The summed E-state index contributed by atoms with van der Waals surface area (Å²) in [6, 6.07) is 14.9. The molecule has 1 saturated carbocycles. The Hall–Kier alpha value is -3.55. The maximum atomic E-state index is 12.6. The Balaban J connectivity index is 1.38. The SMILES string of the molecule is CC(C)(C)c1ccc(C(=O)Nc2ccc(-n3nnc(C(=O)NC4CCCC4)n3)cc2)cc1. The van der Waals surface area contributed by atoms with Crippen molar-refractivity contribution in [2.45, 2.75) is 57.9 Å². The van der Waals surface area contributed by atoms with Crippen molar-refractivity contribution in [3.8, 4) is 5.69 Å². The van der Waals surface area contributed by atoms with E-state index in [0.29, 0.717) is 16.9 Å². The second kappa shape index (κ2) is 8.90. The maximum absolute atomic E-state index is 12.6. The molecule has 1 aliphatic carbocycles. The van der Waals surface area contributed by atoms with E-state index in [1.807, 2.05) is 24.3 Å². The third kappa shape index (κ3) is 5.01. The molecule has 166 valence electrons. The van der Waals surface area contributed by atoms with Crippen LogP contribution in [-0.2, 0) is 5.41 Å². The number of rotatable bonds is 5. The highest BCUT2D eigenvalue weighted by molar-refractivity contribution is 6.04. The molecule has 32 heavy (non-hydrogen) atoms. The first-order chi connectivity index (χ1) is 15.3. The first-order valence-electron chi connectivity index (χ1n) is 10.9. The molecule has 0 bridgehead atoms. The molecule has 0 unspecified atom stereocenters. The van der Waals surface area contributed by atoms with Gasteiger partial charge in [0.2, 0.25) is 0 Å². The van der Waals surface area contributed by atoms with Gasteiger partial charge in [-0.25, -0.2) is 0 Å². The van der Waals surface area contributed by atoms with Crippen LogP contribution in [0, 0.1) is 0 Å². The molecule has 8 heteroatoms. The van der Waals surface area contributed by atoms with Gasteiger partial charge in [-0.2, -0.15) is 0 Å². The largest absolute Gasteiger partial charge is 0.346 e. The fraction of sp³-hybridized carbons (Fsp3) is 0.375. The van der Waals surface area contributed by atoms with Gasteiger partial charge in [0.15, 0.2) is 0 Å². The average molecular weight is 433 g/mol. The van der Waals surface area contributed by atoms with Gasteiger partial charge in [0, 0.05) is 17.3 Å². The van der Waals surface area contributed by atoms with Gasteiger partial charge >= 0.3 is 0 Å². The van der Waals surface area contributed by atoms with E-state index in [0.717, 1.165) is 25.7 Å². The molecule has 2 aromatic carbocycles. The fourth-order valence-corrected chi connectivity index (χ4v) is 3.74. The zero-order chi connectivity index (χ0) is 22.7. The van der Waals surface area contributed by atoms with Gasteiger partial charge in [0.1, 0.15) is 0 Å². The first-order valence-corrected chi connectivity index (χ1v) is 10.9. The number of amides is 2. The summed E-state index contributed by atoms with van der Waals surface area (Å²) in [5.74, 6) is -0.430. The van der Waals surface area contributed by atoms with Crippen LogP contribution in [0.4, 0.5) is 5.69 Å². The van der Waals surface area contributed by atoms with Crippen LogP contribution in [0.3, 0.4) is 0 Å². The molecule has 4 rings (SSSR count). The third-order valence-electron chi connectivity index (χ3n) is 5.68. The molecule has 2 N–H and O–H groups in total. The van der Waals surface area contributed by atoms with Crippen LogP contribution in [0.15, 0.2) is 48.5 Å². The highest BCUT2D eigenvalue weighted by Gasteiger charge is 2.21. The van der Waals surface area contributed by atoms with Crippen LogP contribution in [-0.4, -0.2) is 38.1 Å². The van der Waals surface area contributed by atoms with E-state index < -0.39 is 0 Å². The van der Waals surface area contributed by atoms with E-state index in [4.69, 9.17) is 0 Å².